The molecule has 0 saturated carbocycles. The third kappa shape index (κ3) is 2.46. The Morgan fingerprint density at radius 1 is 0.650 bits per heavy atom. The smallest absolute Gasteiger partial charge is 0.131 e. The molecule has 0 aliphatic heterocycles. The molecule has 108 valence electrons. The Kier molecular flexibility index (Phi) is 4.56. The molecule has 0 aliphatic carbocycles. The molecular weight excluding hydrogens is 256 g/mol. The van der Waals surface area contributed by atoms with E-state index in [1.165, 1.54) is 0 Å². The largest absolute Gasteiger partial charge is 0.496 e. The Morgan fingerprint density at radius 3 is 1.30 bits per heavy atom. The van der Waals surface area contributed by atoms with Gasteiger partial charge in [-0.15, -0.1) is 0 Å². The lowest BCUT2D eigenvalue weighted by atomic mass is 10.1. The lowest BCUT2D eigenvalue weighted by molar-refractivity contribution is 0.333. The van der Waals surface area contributed by atoms with Crippen molar-refractivity contribution in [2.75, 3.05) is 27.4 Å². The number of ether oxygens (including phenoxy) is 4. The van der Waals surface area contributed by atoms with Crippen LogP contribution in [0.4, 0.5) is 0 Å². The third-order valence-electron chi connectivity index (χ3n) is 3.05. The van der Waals surface area contributed by atoms with Gasteiger partial charge in [-0.25, -0.2) is 0 Å². The molecular formula is C16H20O4. The van der Waals surface area contributed by atoms with Crippen LogP contribution in [0.25, 0.3) is 10.8 Å². The van der Waals surface area contributed by atoms with Crippen molar-refractivity contribution in [1.82, 2.24) is 0 Å². The van der Waals surface area contributed by atoms with E-state index in [0.29, 0.717) is 13.2 Å². The van der Waals surface area contributed by atoms with Crippen molar-refractivity contribution < 1.29 is 18.9 Å². The quantitative estimate of drug-likeness (QED) is 0.807. The highest BCUT2D eigenvalue weighted by Crippen LogP contribution is 2.44. The van der Waals surface area contributed by atoms with Gasteiger partial charge < -0.3 is 18.9 Å². The fourth-order valence-electron chi connectivity index (χ4n) is 2.26. The van der Waals surface area contributed by atoms with E-state index in [4.69, 9.17) is 18.9 Å². The summed E-state index contributed by atoms with van der Waals surface area (Å²) in [5.41, 5.74) is 0. The zero-order valence-corrected chi connectivity index (χ0v) is 12.4. The second kappa shape index (κ2) is 6.37. The number of methoxy groups -OCH3 is 2. The molecule has 0 radical (unpaired) electrons. The van der Waals surface area contributed by atoms with Crippen molar-refractivity contribution in [2.45, 2.75) is 13.8 Å². The molecule has 2 aromatic carbocycles. The van der Waals surface area contributed by atoms with E-state index in [2.05, 4.69) is 0 Å². The molecule has 4 heteroatoms. The van der Waals surface area contributed by atoms with Gasteiger partial charge in [-0.3, -0.25) is 0 Å². The maximum absolute atomic E-state index is 5.70. The van der Waals surface area contributed by atoms with Crippen LogP contribution in [0.1, 0.15) is 13.8 Å². The van der Waals surface area contributed by atoms with Crippen LogP contribution < -0.4 is 18.9 Å². The highest BCUT2D eigenvalue weighted by molar-refractivity contribution is 6.02. The van der Waals surface area contributed by atoms with Gasteiger partial charge in [-0.1, -0.05) is 0 Å². The Labute approximate surface area is 119 Å². The second-order valence-electron chi connectivity index (χ2n) is 4.15. The van der Waals surface area contributed by atoms with Crippen LogP contribution in [0.5, 0.6) is 23.0 Å². The van der Waals surface area contributed by atoms with Gasteiger partial charge in [0.2, 0.25) is 0 Å². The summed E-state index contributed by atoms with van der Waals surface area (Å²) in [7, 11) is 3.29. The fraction of sp³-hybridized carbons (Fsp3) is 0.375. The van der Waals surface area contributed by atoms with E-state index in [0.717, 1.165) is 33.8 Å². The van der Waals surface area contributed by atoms with E-state index in [1.54, 1.807) is 14.2 Å². The topological polar surface area (TPSA) is 36.9 Å². The summed E-state index contributed by atoms with van der Waals surface area (Å²) in [4.78, 5) is 0. The summed E-state index contributed by atoms with van der Waals surface area (Å²) in [5.74, 6) is 3.01. The maximum Gasteiger partial charge on any atom is 0.131 e. The molecule has 0 saturated heterocycles. The standard InChI is InChI=1S/C16H20O4/c1-5-19-13-9-10-14(20-6-2)16-12(18-4)8-7-11(17-3)15(13)16/h7-10H,5-6H2,1-4H3. The predicted molar refractivity (Wildman–Crippen MR) is 79.4 cm³/mol. The summed E-state index contributed by atoms with van der Waals surface area (Å²) in [6, 6.07) is 7.55. The van der Waals surface area contributed by atoms with Gasteiger partial charge in [0.25, 0.3) is 0 Å². The van der Waals surface area contributed by atoms with Gasteiger partial charge >= 0.3 is 0 Å². The van der Waals surface area contributed by atoms with E-state index in [1.807, 2.05) is 38.1 Å². The summed E-state index contributed by atoms with van der Waals surface area (Å²) in [6.07, 6.45) is 0. The Bertz CT molecular complexity index is 540. The van der Waals surface area contributed by atoms with Crippen LogP contribution in [0.15, 0.2) is 24.3 Å². The maximum atomic E-state index is 5.70. The molecule has 4 nitrogen and oxygen atoms in total. The minimum Gasteiger partial charge on any atom is -0.496 e. The van der Waals surface area contributed by atoms with Crippen molar-refractivity contribution in [3.8, 4) is 23.0 Å². The average molecular weight is 276 g/mol. The molecule has 0 aromatic heterocycles. The van der Waals surface area contributed by atoms with Crippen LogP contribution in [0.2, 0.25) is 0 Å². The first-order valence-electron chi connectivity index (χ1n) is 6.70. The number of hydrogen-bond donors (Lipinski definition) is 0. The Balaban J connectivity index is 2.81. The molecule has 0 atom stereocenters. The van der Waals surface area contributed by atoms with Crippen molar-refractivity contribution in [1.29, 1.82) is 0 Å². The first-order valence-corrected chi connectivity index (χ1v) is 6.70. The highest BCUT2D eigenvalue weighted by Gasteiger charge is 2.17. The molecule has 0 aliphatic rings. The molecule has 2 aromatic rings. The first kappa shape index (κ1) is 14.3. The lowest BCUT2D eigenvalue weighted by Crippen LogP contribution is -1.99. The monoisotopic (exact) mass is 276 g/mol. The van der Waals surface area contributed by atoms with E-state index in [9.17, 15) is 0 Å². The molecule has 0 amide bonds. The Morgan fingerprint density at radius 2 is 1.00 bits per heavy atom. The number of rotatable bonds is 6. The lowest BCUT2D eigenvalue weighted by Gasteiger charge is -2.16. The fourth-order valence-corrected chi connectivity index (χ4v) is 2.26. The second-order valence-corrected chi connectivity index (χ2v) is 4.15. The van der Waals surface area contributed by atoms with Gasteiger partial charge in [0.05, 0.1) is 38.2 Å². The number of benzene rings is 2. The summed E-state index contributed by atoms with van der Waals surface area (Å²) < 4.78 is 22.3. The van der Waals surface area contributed by atoms with Crippen molar-refractivity contribution in [3.05, 3.63) is 24.3 Å². The molecule has 0 spiro atoms. The molecule has 0 unspecified atom stereocenters. The minimum absolute atomic E-state index is 0.587. The van der Waals surface area contributed by atoms with Gasteiger partial charge in [-0.2, -0.15) is 0 Å². The molecule has 0 fully saturated rings. The van der Waals surface area contributed by atoms with Gasteiger partial charge in [0.1, 0.15) is 23.0 Å². The van der Waals surface area contributed by atoms with Crippen LogP contribution in [0, 0.1) is 0 Å². The van der Waals surface area contributed by atoms with E-state index in [-0.39, 0.29) is 0 Å². The third-order valence-corrected chi connectivity index (χ3v) is 3.05. The predicted octanol–water partition coefficient (Wildman–Crippen LogP) is 3.65. The number of hydrogen-bond acceptors (Lipinski definition) is 4. The summed E-state index contributed by atoms with van der Waals surface area (Å²) in [6.45, 7) is 5.08. The van der Waals surface area contributed by atoms with E-state index >= 15 is 0 Å². The first-order chi connectivity index (χ1) is 9.76. The van der Waals surface area contributed by atoms with Crippen LogP contribution >= 0.6 is 0 Å². The average Bonchev–Trinajstić information content (AvgIpc) is 2.48. The molecule has 0 bridgehead atoms. The van der Waals surface area contributed by atoms with Crippen molar-refractivity contribution >= 4 is 10.8 Å². The highest BCUT2D eigenvalue weighted by atomic mass is 16.5. The van der Waals surface area contributed by atoms with Crippen LogP contribution in [-0.2, 0) is 0 Å². The minimum atomic E-state index is 0.587. The van der Waals surface area contributed by atoms with Crippen LogP contribution in [-0.4, -0.2) is 27.4 Å². The molecule has 0 N–H and O–H groups in total. The van der Waals surface area contributed by atoms with Crippen molar-refractivity contribution in [2.24, 2.45) is 0 Å². The molecule has 20 heavy (non-hydrogen) atoms. The van der Waals surface area contributed by atoms with E-state index < -0.39 is 0 Å². The van der Waals surface area contributed by atoms with Crippen molar-refractivity contribution in [3.63, 3.8) is 0 Å². The van der Waals surface area contributed by atoms with Gasteiger partial charge in [-0.05, 0) is 38.1 Å². The SMILES string of the molecule is CCOc1ccc(OCC)c2c(OC)ccc(OC)c12. The Hall–Kier alpha value is -2.10. The summed E-state index contributed by atoms with van der Waals surface area (Å²) in [5, 5.41) is 1.75. The van der Waals surface area contributed by atoms with Crippen LogP contribution in [0.3, 0.4) is 0 Å². The molecule has 0 heterocycles. The normalized spacial score (nSPS) is 10.4. The zero-order valence-electron chi connectivity index (χ0n) is 12.4. The zero-order chi connectivity index (χ0) is 14.5. The van der Waals surface area contributed by atoms with Gasteiger partial charge in [0, 0.05) is 0 Å². The van der Waals surface area contributed by atoms with Gasteiger partial charge in [0.15, 0.2) is 0 Å². The number of fused-ring (bicyclic) bond motifs is 1. The molecule has 2 rings (SSSR count). The summed E-state index contributed by atoms with van der Waals surface area (Å²) >= 11 is 0.